The van der Waals surface area contributed by atoms with Gasteiger partial charge < -0.3 is 10.1 Å². The van der Waals surface area contributed by atoms with Crippen LogP contribution in [0.4, 0.5) is 5.69 Å². The Morgan fingerprint density at radius 2 is 1.78 bits per heavy atom. The monoisotopic (exact) mass is 497 g/mol. The third-order valence-corrected chi connectivity index (χ3v) is 7.07. The standard InChI is InChI=1S/C28H31N7O2/c36-28(31-23-5-6-30-24(15-23)19-34-7-1-2-8-34)27-25-14-21(3-4-26(25)32-33-27)22-13-20(16-29-17-22)18-35-9-11-37-12-10-35/h3-6,13-17H,1-2,7-12,18-19H2,(H,32,33)(H,30,31,36). The zero-order valence-electron chi connectivity index (χ0n) is 20.8. The number of likely N-dealkylation sites (tertiary alicyclic amines) is 1. The summed E-state index contributed by atoms with van der Waals surface area (Å²) in [5.74, 6) is -0.249. The SMILES string of the molecule is O=C(Nc1ccnc(CN2CCCC2)c1)c1n[nH]c2ccc(-c3cncc(CN4CCOCC4)c3)cc12. The summed E-state index contributed by atoms with van der Waals surface area (Å²) < 4.78 is 5.46. The van der Waals surface area contributed by atoms with Crippen LogP contribution in [0.3, 0.4) is 0 Å². The summed E-state index contributed by atoms with van der Waals surface area (Å²) in [7, 11) is 0. The first-order valence-corrected chi connectivity index (χ1v) is 12.9. The lowest BCUT2D eigenvalue weighted by Gasteiger charge is -2.26. The van der Waals surface area contributed by atoms with E-state index >= 15 is 0 Å². The van der Waals surface area contributed by atoms with Gasteiger partial charge in [0.1, 0.15) is 0 Å². The Morgan fingerprint density at radius 1 is 0.946 bits per heavy atom. The predicted molar refractivity (Wildman–Crippen MR) is 142 cm³/mol. The van der Waals surface area contributed by atoms with Crippen LogP contribution in [0.1, 0.15) is 34.6 Å². The van der Waals surface area contributed by atoms with Gasteiger partial charge >= 0.3 is 0 Å². The molecule has 0 unspecified atom stereocenters. The molecular weight excluding hydrogens is 466 g/mol. The van der Waals surface area contributed by atoms with E-state index in [1.165, 1.54) is 12.8 Å². The number of pyridine rings is 2. The van der Waals surface area contributed by atoms with Gasteiger partial charge in [0.15, 0.2) is 5.69 Å². The number of carbonyl (C=O) groups excluding carboxylic acids is 1. The summed E-state index contributed by atoms with van der Waals surface area (Å²) in [6, 6.07) is 11.9. The number of benzene rings is 1. The maximum atomic E-state index is 13.2. The average Bonchev–Trinajstić information content (AvgIpc) is 3.59. The van der Waals surface area contributed by atoms with Gasteiger partial charge in [-0.2, -0.15) is 5.10 Å². The van der Waals surface area contributed by atoms with E-state index in [-0.39, 0.29) is 5.91 Å². The second kappa shape index (κ2) is 10.8. The molecule has 0 spiro atoms. The van der Waals surface area contributed by atoms with E-state index < -0.39 is 0 Å². The Morgan fingerprint density at radius 3 is 2.65 bits per heavy atom. The van der Waals surface area contributed by atoms with E-state index in [9.17, 15) is 4.79 Å². The Kier molecular flexibility index (Phi) is 6.90. The van der Waals surface area contributed by atoms with Crippen LogP contribution >= 0.6 is 0 Å². The van der Waals surface area contributed by atoms with Crippen molar-refractivity contribution in [1.82, 2.24) is 30.0 Å². The number of fused-ring (bicyclic) bond motifs is 1. The number of morpholine rings is 1. The molecule has 0 atom stereocenters. The summed E-state index contributed by atoms with van der Waals surface area (Å²) in [4.78, 5) is 26.9. The van der Waals surface area contributed by atoms with Crippen LogP contribution < -0.4 is 5.32 Å². The number of anilines is 1. The summed E-state index contributed by atoms with van der Waals surface area (Å²) in [6.45, 7) is 7.26. The van der Waals surface area contributed by atoms with Crippen molar-refractivity contribution < 1.29 is 9.53 Å². The highest BCUT2D eigenvalue weighted by molar-refractivity contribution is 6.11. The lowest BCUT2D eigenvalue weighted by Crippen LogP contribution is -2.35. The highest BCUT2D eigenvalue weighted by atomic mass is 16.5. The molecule has 1 aromatic carbocycles. The molecule has 190 valence electrons. The van der Waals surface area contributed by atoms with E-state index in [0.717, 1.165) is 91.5 Å². The zero-order valence-corrected chi connectivity index (χ0v) is 20.8. The number of rotatable bonds is 7. The van der Waals surface area contributed by atoms with Crippen LogP contribution in [0.5, 0.6) is 0 Å². The van der Waals surface area contributed by atoms with E-state index in [1.54, 1.807) is 6.20 Å². The molecule has 2 saturated heterocycles. The molecule has 2 fully saturated rings. The van der Waals surface area contributed by atoms with Gasteiger partial charge in [0.05, 0.1) is 24.4 Å². The number of ether oxygens (including phenoxy) is 1. The Labute approximate surface area is 215 Å². The molecule has 0 bridgehead atoms. The fourth-order valence-corrected chi connectivity index (χ4v) is 5.12. The molecule has 3 aromatic heterocycles. The number of aromatic amines is 1. The largest absolute Gasteiger partial charge is 0.379 e. The second-order valence-electron chi connectivity index (χ2n) is 9.78. The van der Waals surface area contributed by atoms with Crippen molar-refractivity contribution >= 4 is 22.5 Å². The Balaban J connectivity index is 1.20. The van der Waals surface area contributed by atoms with E-state index in [1.807, 2.05) is 42.7 Å². The molecular formula is C28H31N7O2. The minimum Gasteiger partial charge on any atom is -0.379 e. The number of carbonyl (C=O) groups is 1. The summed E-state index contributed by atoms with van der Waals surface area (Å²) in [6.07, 6.45) is 8.00. The van der Waals surface area contributed by atoms with Gasteiger partial charge in [-0.15, -0.1) is 0 Å². The van der Waals surface area contributed by atoms with Gasteiger partial charge in [0.25, 0.3) is 5.91 Å². The highest BCUT2D eigenvalue weighted by Crippen LogP contribution is 2.26. The van der Waals surface area contributed by atoms with Crippen LogP contribution in [0, 0.1) is 0 Å². The molecule has 5 heterocycles. The molecule has 2 aliphatic rings. The van der Waals surface area contributed by atoms with Crippen LogP contribution in [0.15, 0.2) is 55.0 Å². The predicted octanol–water partition coefficient (Wildman–Crippen LogP) is 3.70. The molecule has 0 saturated carbocycles. The van der Waals surface area contributed by atoms with Crippen molar-refractivity contribution in [2.24, 2.45) is 0 Å². The molecule has 9 heteroatoms. The first-order chi connectivity index (χ1) is 18.2. The van der Waals surface area contributed by atoms with Crippen molar-refractivity contribution in [2.75, 3.05) is 44.7 Å². The molecule has 37 heavy (non-hydrogen) atoms. The van der Waals surface area contributed by atoms with Gasteiger partial charge in [-0.3, -0.25) is 29.7 Å². The number of amides is 1. The maximum Gasteiger partial charge on any atom is 0.276 e. The Bertz CT molecular complexity index is 1390. The fourth-order valence-electron chi connectivity index (χ4n) is 5.12. The van der Waals surface area contributed by atoms with E-state index in [0.29, 0.717) is 5.69 Å². The minimum absolute atomic E-state index is 0.249. The topological polar surface area (TPSA) is 99.3 Å². The van der Waals surface area contributed by atoms with Crippen molar-refractivity contribution in [3.63, 3.8) is 0 Å². The molecule has 0 radical (unpaired) electrons. The number of aromatic nitrogens is 4. The normalized spacial score (nSPS) is 16.9. The average molecular weight is 498 g/mol. The number of nitrogens with one attached hydrogen (secondary N) is 2. The minimum atomic E-state index is -0.249. The van der Waals surface area contributed by atoms with Crippen LogP contribution in [-0.4, -0.2) is 75.3 Å². The number of hydrogen-bond donors (Lipinski definition) is 2. The molecule has 2 aliphatic heterocycles. The molecule has 9 nitrogen and oxygen atoms in total. The molecule has 2 N–H and O–H groups in total. The fraction of sp³-hybridized carbons (Fsp3) is 0.357. The number of hydrogen-bond acceptors (Lipinski definition) is 7. The first kappa shape index (κ1) is 23.7. The Hall–Kier alpha value is -3.66. The van der Waals surface area contributed by atoms with E-state index in [2.05, 4.69) is 41.3 Å². The van der Waals surface area contributed by atoms with Crippen molar-refractivity contribution in [1.29, 1.82) is 0 Å². The van der Waals surface area contributed by atoms with Gasteiger partial charge in [0.2, 0.25) is 0 Å². The lowest BCUT2D eigenvalue weighted by molar-refractivity contribution is 0.0341. The maximum absolute atomic E-state index is 13.2. The third-order valence-electron chi connectivity index (χ3n) is 7.07. The summed E-state index contributed by atoms with van der Waals surface area (Å²) in [5, 5.41) is 11.1. The van der Waals surface area contributed by atoms with E-state index in [4.69, 9.17) is 4.74 Å². The summed E-state index contributed by atoms with van der Waals surface area (Å²) >= 11 is 0. The summed E-state index contributed by atoms with van der Waals surface area (Å²) in [5.41, 5.74) is 6.03. The molecule has 6 rings (SSSR count). The molecule has 4 aromatic rings. The van der Waals surface area contributed by atoms with Crippen LogP contribution in [0.2, 0.25) is 0 Å². The zero-order chi connectivity index (χ0) is 25.0. The number of nitrogens with zero attached hydrogens (tertiary/aromatic N) is 5. The van der Waals surface area contributed by atoms with Gasteiger partial charge in [0, 0.05) is 61.4 Å². The number of H-pyrrole nitrogens is 1. The van der Waals surface area contributed by atoms with Gasteiger partial charge in [-0.25, -0.2) is 0 Å². The van der Waals surface area contributed by atoms with Gasteiger partial charge in [-0.05, 0) is 67.4 Å². The smallest absolute Gasteiger partial charge is 0.276 e. The van der Waals surface area contributed by atoms with Crippen LogP contribution in [0.25, 0.3) is 22.0 Å². The van der Waals surface area contributed by atoms with Gasteiger partial charge in [-0.1, -0.05) is 6.07 Å². The third kappa shape index (κ3) is 5.53. The lowest BCUT2D eigenvalue weighted by atomic mass is 10.0. The quantitative estimate of drug-likeness (QED) is 0.402. The highest BCUT2D eigenvalue weighted by Gasteiger charge is 2.17. The van der Waals surface area contributed by atoms with Crippen LogP contribution in [-0.2, 0) is 17.8 Å². The van der Waals surface area contributed by atoms with Crippen molar-refractivity contribution in [3.8, 4) is 11.1 Å². The van der Waals surface area contributed by atoms with Crippen molar-refractivity contribution in [3.05, 3.63) is 71.9 Å². The second-order valence-corrected chi connectivity index (χ2v) is 9.78. The van der Waals surface area contributed by atoms with Crippen molar-refractivity contribution in [2.45, 2.75) is 25.9 Å². The molecule has 1 amide bonds. The molecule has 0 aliphatic carbocycles. The first-order valence-electron chi connectivity index (χ1n) is 12.9.